The molecule has 1 rings (SSSR count). The van der Waals surface area contributed by atoms with Crippen LogP contribution in [0.4, 0.5) is 5.13 Å². The first-order valence-corrected chi connectivity index (χ1v) is 4.63. The molecule has 0 unspecified atom stereocenters. The average Bonchev–Trinajstić information content (AvgIpc) is 2.29. The van der Waals surface area contributed by atoms with Crippen molar-refractivity contribution in [2.45, 2.75) is 6.92 Å². The van der Waals surface area contributed by atoms with Crippen LogP contribution in [-0.4, -0.2) is 17.2 Å². The number of aromatic nitrogens is 1. The molecule has 64 valence electrons. The molecule has 0 atom stereocenters. The maximum atomic E-state index is 10.6. The Labute approximate surface area is 81.1 Å². The number of amides is 1. The lowest BCUT2D eigenvalue weighted by atomic mass is 10.6. The van der Waals surface area contributed by atoms with Crippen LogP contribution in [0.15, 0.2) is 3.79 Å². The van der Waals surface area contributed by atoms with Crippen molar-refractivity contribution in [2.24, 2.45) is 0 Å². The molecule has 0 aliphatic heterocycles. The number of hydrogen-bond donors (Lipinski definition) is 1. The molecule has 4 nitrogen and oxygen atoms in total. The summed E-state index contributed by atoms with van der Waals surface area (Å²) in [5.74, 6) is -0.200. The van der Waals surface area contributed by atoms with Crippen LogP contribution in [0.1, 0.15) is 17.4 Å². The lowest BCUT2D eigenvalue weighted by molar-refractivity contribution is -0.114. The van der Waals surface area contributed by atoms with Crippen LogP contribution in [0.3, 0.4) is 0 Å². The Morgan fingerprint density at radius 2 is 2.42 bits per heavy atom. The van der Waals surface area contributed by atoms with Gasteiger partial charge in [0.05, 0.1) is 0 Å². The SMILES string of the molecule is CC(=O)Nc1nc(C=O)c(Br)s1. The fourth-order valence-electron chi connectivity index (χ4n) is 0.590. The molecule has 0 spiro atoms. The number of hydrogen-bond acceptors (Lipinski definition) is 4. The minimum atomic E-state index is -0.200. The Bertz CT molecular complexity index is 323. The van der Waals surface area contributed by atoms with Gasteiger partial charge >= 0.3 is 0 Å². The van der Waals surface area contributed by atoms with Gasteiger partial charge in [0.2, 0.25) is 5.91 Å². The van der Waals surface area contributed by atoms with Crippen molar-refractivity contribution >= 4 is 44.6 Å². The molecule has 0 bridgehead atoms. The van der Waals surface area contributed by atoms with E-state index in [0.29, 0.717) is 20.9 Å². The standard InChI is InChI=1S/C6H5BrN2O2S/c1-3(11)8-6-9-4(2-10)5(7)12-6/h2H,1H3,(H,8,9,11). The van der Waals surface area contributed by atoms with Gasteiger partial charge < -0.3 is 5.32 Å². The van der Waals surface area contributed by atoms with Crippen molar-refractivity contribution in [3.8, 4) is 0 Å². The first-order chi connectivity index (χ1) is 5.63. The molecule has 1 aromatic rings. The summed E-state index contributed by atoms with van der Waals surface area (Å²) >= 11 is 4.35. The Hall–Kier alpha value is -0.750. The van der Waals surface area contributed by atoms with Gasteiger partial charge in [0.15, 0.2) is 11.4 Å². The van der Waals surface area contributed by atoms with E-state index in [1.807, 2.05) is 0 Å². The van der Waals surface area contributed by atoms with E-state index in [4.69, 9.17) is 0 Å². The number of thiazole rings is 1. The number of anilines is 1. The zero-order valence-electron chi connectivity index (χ0n) is 6.13. The van der Waals surface area contributed by atoms with Crippen molar-refractivity contribution < 1.29 is 9.59 Å². The third kappa shape index (κ3) is 2.12. The highest BCUT2D eigenvalue weighted by Gasteiger charge is 2.07. The van der Waals surface area contributed by atoms with Crippen molar-refractivity contribution in [3.05, 3.63) is 9.48 Å². The molecule has 0 saturated heterocycles. The van der Waals surface area contributed by atoms with Crippen LogP contribution in [0, 0.1) is 0 Å². The third-order valence-corrected chi connectivity index (χ3v) is 2.67. The monoisotopic (exact) mass is 248 g/mol. The maximum absolute atomic E-state index is 10.6. The molecular formula is C6H5BrN2O2S. The summed E-state index contributed by atoms with van der Waals surface area (Å²) in [6.45, 7) is 1.38. The molecule has 1 aromatic heterocycles. The smallest absolute Gasteiger partial charge is 0.223 e. The molecule has 1 N–H and O–H groups in total. The van der Waals surface area contributed by atoms with E-state index < -0.39 is 0 Å². The van der Waals surface area contributed by atoms with Crippen LogP contribution in [0.25, 0.3) is 0 Å². The highest BCUT2D eigenvalue weighted by molar-refractivity contribution is 9.11. The average molecular weight is 249 g/mol. The van der Waals surface area contributed by atoms with Crippen LogP contribution in [-0.2, 0) is 4.79 Å². The van der Waals surface area contributed by atoms with Gasteiger partial charge in [0.1, 0.15) is 9.48 Å². The van der Waals surface area contributed by atoms with E-state index in [2.05, 4.69) is 26.2 Å². The van der Waals surface area contributed by atoms with Gasteiger partial charge in [-0.25, -0.2) is 4.98 Å². The molecule has 1 amide bonds. The molecule has 0 radical (unpaired) electrons. The first kappa shape index (κ1) is 9.34. The van der Waals surface area contributed by atoms with Gasteiger partial charge in [-0.3, -0.25) is 9.59 Å². The Morgan fingerprint density at radius 3 is 2.83 bits per heavy atom. The Morgan fingerprint density at radius 1 is 1.75 bits per heavy atom. The second-order valence-electron chi connectivity index (χ2n) is 1.98. The number of halogens is 1. The molecule has 0 saturated carbocycles. The van der Waals surface area contributed by atoms with E-state index in [-0.39, 0.29) is 5.91 Å². The fraction of sp³-hybridized carbons (Fsp3) is 0.167. The van der Waals surface area contributed by atoms with Gasteiger partial charge in [0.25, 0.3) is 0 Å². The Balaban J connectivity index is 2.89. The summed E-state index contributed by atoms with van der Waals surface area (Å²) in [7, 11) is 0. The largest absolute Gasteiger partial charge is 0.302 e. The zero-order chi connectivity index (χ0) is 9.14. The number of nitrogens with zero attached hydrogens (tertiary/aromatic N) is 1. The molecule has 0 aliphatic rings. The minimum Gasteiger partial charge on any atom is -0.302 e. The van der Waals surface area contributed by atoms with Gasteiger partial charge in [-0.05, 0) is 15.9 Å². The number of aldehydes is 1. The zero-order valence-corrected chi connectivity index (χ0v) is 8.53. The van der Waals surface area contributed by atoms with Gasteiger partial charge in [0, 0.05) is 6.92 Å². The van der Waals surface area contributed by atoms with E-state index in [9.17, 15) is 9.59 Å². The minimum absolute atomic E-state index is 0.200. The van der Waals surface area contributed by atoms with Crippen molar-refractivity contribution in [1.82, 2.24) is 4.98 Å². The molecule has 0 aromatic carbocycles. The summed E-state index contributed by atoms with van der Waals surface area (Å²) in [4.78, 5) is 24.7. The van der Waals surface area contributed by atoms with Crippen LogP contribution in [0.2, 0.25) is 0 Å². The predicted octanol–water partition coefficient (Wildman–Crippen LogP) is 1.68. The molecule has 0 aliphatic carbocycles. The van der Waals surface area contributed by atoms with Crippen molar-refractivity contribution in [3.63, 3.8) is 0 Å². The number of carbonyl (C=O) groups excluding carboxylic acids is 2. The normalized spacial score (nSPS) is 9.50. The van der Waals surface area contributed by atoms with E-state index in [1.54, 1.807) is 0 Å². The van der Waals surface area contributed by atoms with E-state index in [0.717, 1.165) is 0 Å². The van der Waals surface area contributed by atoms with Crippen molar-refractivity contribution in [2.75, 3.05) is 5.32 Å². The number of nitrogens with one attached hydrogen (secondary N) is 1. The molecular weight excluding hydrogens is 244 g/mol. The Kier molecular flexibility index (Phi) is 2.93. The second-order valence-corrected chi connectivity index (χ2v) is 4.29. The third-order valence-electron chi connectivity index (χ3n) is 1.00. The molecule has 12 heavy (non-hydrogen) atoms. The van der Waals surface area contributed by atoms with E-state index >= 15 is 0 Å². The highest BCUT2D eigenvalue weighted by Crippen LogP contribution is 2.26. The number of rotatable bonds is 2. The maximum Gasteiger partial charge on any atom is 0.223 e. The predicted molar refractivity (Wildman–Crippen MR) is 49.5 cm³/mol. The summed E-state index contributed by atoms with van der Waals surface area (Å²) in [5, 5.41) is 2.91. The van der Waals surface area contributed by atoms with Crippen LogP contribution < -0.4 is 5.32 Å². The summed E-state index contributed by atoms with van der Waals surface area (Å²) < 4.78 is 0.626. The van der Waals surface area contributed by atoms with Gasteiger partial charge in [-0.1, -0.05) is 11.3 Å². The topological polar surface area (TPSA) is 59.1 Å². The van der Waals surface area contributed by atoms with Gasteiger partial charge in [-0.2, -0.15) is 0 Å². The van der Waals surface area contributed by atoms with Crippen LogP contribution >= 0.6 is 27.3 Å². The molecule has 1 heterocycles. The fourth-order valence-corrected chi connectivity index (χ4v) is 1.94. The summed E-state index contributed by atoms with van der Waals surface area (Å²) in [6.07, 6.45) is 0.631. The first-order valence-electron chi connectivity index (χ1n) is 3.02. The second kappa shape index (κ2) is 3.77. The molecule has 6 heteroatoms. The lowest BCUT2D eigenvalue weighted by Crippen LogP contribution is -2.05. The van der Waals surface area contributed by atoms with Crippen molar-refractivity contribution in [1.29, 1.82) is 0 Å². The summed E-state index contributed by atoms with van der Waals surface area (Å²) in [6, 6.07) is 0. The van der Waals surface area contributed by atoms with Gasteiger partial charge in [-0.15, -0.1) is 0 Å². The summed E-state index contributed by atoms with van der Waals surface area (Å²) in [5.41, 5.74) is 0.309. The van der Waals surface area contributed by atoms with Crippen LogP contribution in [0.5, 0.6) is 0 Å². The highest BCUT2D eigenvalue weighted by atomic mass is 79.9. The number of carbonyl (C=O) groups is 2. The van der Waals surface area contributed by atoms with E-state index in [1.165, 1.54) is 18.3 Å². The molecule has 0 fully saturated rings. The lowest BCUT2D eigenvalue weighted by Gasteiger charge is -1.91. The quantitative estimate of drug-likeness (QED) is 0.811.